The van der Waals surface area contributed by atoms with Crippen molar-refractivity contribution in [1.29, 1.82) is 0 Å². The molecule has 0 aliphatic carbocycles. The lowest BCUT2D eigenvalue weighted by atomic mass is 10.2. The molecule has 0 aromatic carbocycles. The molecular weight excluding hydrogens is 188 g/mol. The Morgan fingerprint density at radius 2 is 1.93 bits per heavy atom. The summed E-state index contributed by atoms with van der Waals surface area (Å²) in [5.74, 6) is 1.81. The average molecular weight is 202 g/mol. The average Bonchev–Trinajstić information content (AvgIpc) is 2.65. The zero-order chi connectivity index (χ0) is 10.8. The number of nitrogens with zero attached hydrogens (tertiary/aromatic N) is 3. The SMILES string of the molecule is Cc1cnc(-c2ccc(N(C)C)nc2)[nH]1. The van der Waals surface area contributed by atoms with Gasteiger partial charge in [0.1, 0.15) is 11.6 Å². The van der Waals surface area contributed by atoms with Crippen molar-refractivity contribution in [3.63, 3.8) is 0 Å². The molecule has 15 heavy (non-hydrogen) atoms. The van der Waals surface area contributed by atoms with Crippen molar-refractivity contribution in [1.82, 2.24) is 15.0 Å². The van der Waals surface area contributed by atoms with Crippen LogP contribution in [0.5, 0.6) is 0 Å². The quantitative estimate of drug-likeness (QED) is 0.808. The van der Waals surface area contributed by atoms with Gasteiger partial charge in [-0.25, -0.2) is 9.97 Å². The Morgan fingerprint density at radius 1 is 1.13 bits per heavy atom. The van der Waals surface area contributed by atoms with Crippen LogP contribution in [0.4, 0.5) is 5.82 Å². The Balaban J connectivity index is 2.31. The van der Waals surface area contributed by atoms with Gasteiger partial charge < -0.3 is 9.88 Å². The van der Waals surface area contributed by atoms with Crippen molar-refractivity contribution in [2.45, 2.75) is 6.92 Å². The summed E-state index contributed by atoms with van der Waals surface area (Å²) in [6.45, 7) is 1.98. The van der Waals surface area contributed by atoms with Crippen LogP contribution in [0.2, 0.25) is 0 Å². The number of anilines is 1. The van der Waals surface area contributed by atoms with Crippen LogP contribution in [0, 0.1) is 6.92 Å². The number of aromatic nitrogens is 3. The Morgan fingerprint density at radius 3 is 2.40 bits per heavy atom. The Bertz CT molecular complexity index is 442. The Kier molecular flexibility index (Phi) is 2.41. The fourth-order valence-electron chi connectivity index (χ4n) is 1.35. The normalized spacial score (nSPS) is 10.3. The third-order valence-corrected chi connectivity index (χ3v) is 2.18. The lowest BCUT2D eigenvalue weighted by Crippen LogP contribution is -2.10. The van der Waals surface area contributed by atoms with E-state index in [0.717, 1.165) is 22.9 Å². The fourth-order valence-corrected chi connectivity index (χ4v) is 1.35. The summed E-state index contributed by atoms with van der Waals surface area (Å²) in [5, 5.41) is 0. The predicted octanol–water partition coefficient (Wildman–Crippen LogP) is 1.85. The second-order valence-corrected chi connectivity index (χ2v) is 3.71. The summed E-state index contributed by atoms with van der Waals surface area (Å²) >= 11 is 0. The fraction of sp³-hybridized carbons (Fsp3) is 0.273. The van der Waals surface area contributed by atoms with E-state index in [-0.39, 0.29) is 0 Å². The summed E-state index contributed by atoms with van der Waals surface area (Å²) in [7, 11) is 3.94. The van der Waals surface area contributed by atoms with Crippen LogP contribution in [0.3, 0.4) is 0 Å². The van der Waals surface area contributed by atoms with Crippen LogP contribution in [0.1, 0.15) is 5.69 Å². The predicted molar refractivity (Wildman–Crippen MR) is 60.9 cm³/mol. The number of hydrogen-bond acceptors (Lipinski definition) is 3. The summed E-state index contributed by atoms with van der Waals surface area (Å²) < 4.78 is 0. The molecule has 0 aliphatic heterocycles. The minimum Gasteiger partial charge on any atom is -0.363 e. The van der Waals surface area contributed by atoms with Crippen molar-refractivity contribution < 1.29 is 0 Å². The highest BCUT2D eigenvalue weighted by Gasteiger charge is 2.02. The van der Waals surface area contributed by atoms with Crippen molar-refractivity contribution in [2.75, 3.05) is 19.0 Å². The number of H-pyrrole nitrogens is 1. The summed E-state index contributed by atoms with van der Waals surface area (Å²) in [4.78, 5) is 13.7. The summed E-state index contributed by atoms with van der Waals surface area (Å²) in [6.07, 6.45) is 3.64. The molecule has 0 saturated carbocycles. The number of nitrogens with one attached hydrogen (secondary N) is 1. The molecule has 0 saturated heterocycles. The minimum atomic E-state index is 0.866. The van der Waals surface area contributed by atoms with Crippen LogP contribution in [0.15, 0.2) is 24.5 Å². The first-order valence-electron chi connectivity index (χ1n) is 4.82. The van der Waals surface area contributed by atoms with E-state index in [1.54, 1.807) is 0 Å². The molecule has 0 spiro atoms. The highest BCUT2D eigenvalue weighted by Crippen LogP contribution is 2.16. The molecule has 4 heteroatoms. The Labute approximate surface area is 89.0 Å². The minimum absolute atomic E-state index is 0.866. The van der Waals surface area contributed by atoms with Gasteiger partial charge in [0.25, 0.3) is 0 Å². The van der Waals surface area contributed by atoms with E-state index in [0.29, 0.717) is 0 Å². The van der Waals surface area contributed by atoms with E-state index in [4.69, 9.17) is 0 Å². The van der Waals surface area contributed by atoms with Gasteiger partial charge >= 0.3 is 0 Å². The van der Waals surface area contributed by atoms with Gasteiger partial charge in [-0.15, -0.1) is 0 Å². The highest BCUT2D eigenvalue weighted by molar-refractivity contribution is 5.56. The molecule has 4 nitrogen and oxygen atoms in total. The van der Waals surface area contributed by atoms with Gasteiger partial charge in [0.05, 0.1) is 0 Å². The molecule has 0 radical (unpaired) electrons. The number of aryl methyl sites for hydroxylation is 1. The molecular formula is C11H14N4. The topological polar surface area (TPSA) is 44.8 Å². The first-order chi connectivity index (χ1) is 7.16. The standard InChI is InChI=1S/C11H14N4/c1-8-6-13-11(14-8)9-4-5-10(12-7-9)15(2)3/h4-7H,1-3H3,(H,13,14). The number of pyridine rings is 1. The van der Waals surface area contributed by atoms with E-state index >= 15 is 0 Å². The van der Waals surface area contributed by atoms with E-state index in [1.165, 1.54) is 0 Å². The van der Waals surface area contributed by atoms with Gasteiger partial charge in [-0.1, -0.05) is 0 Å². The molecule has 0 unspecified atom stereocenters. The maximum atomic E-state index is 4.33. The molecule has 0 amide bonds. The van der Waals surface area contributed by atoms with Gasteiger partial charge in [0, 0.05) is 37.7 Å². The van der Waals surface area contributed by atoms with E-state index in [2.05, 4.69) is 15.0 Å². The zero-order valence-corrected chi connectivity index (χ0v) is 9.15. The largest absolute Gasteiger partial charge is 0.363 e. The van der Waals surface area contributed by atoms with Crippen molar-refractivity contribution in [3.05, 3.63) is 30.2 Å². The third kappa shape index (κ3) is 1.98. The molecule has 2 rings (SSSR count). The Hall–Kier alpha value is -1.84. The molecule has 0 aliphatic rings. The first-order valence-corrected chi connectivity index (χ1v) is 4.82. The first kappa shape index (κ1) is 9.71. The van der Waals surface area contributed by atoms with Crippen molar-refractivity contribution in [3.8, 4) is 11.4 Å². The molecule has 2 heterocycles. The highest BCUT2D eigenvalue weighted by atomic mass is 15.1. The molecule has 0 atom stereocenters. The van der Waals surface area contributed by atoms with E-state index in [9.17, 15) is 0 Å². The molecule has 1 N–H and O–H groups in total. The summed E-state index contributed by atoms with van der Waals surface area (Å²) in [6, 6.07) is 3.99. The molecule has 0 bridgehead atoms. The lowest BCUT2D eigenvalue weighted by molar-refractivity contribution is 1.07. The molecule has 2 aromatic rings. The zero-order valence-electron chi connectivity index (χ0n) is 9.15. The van der Waals surface area contributed by atoms with Gasteiger partial charge in [0.15, 0.2) is 0 Å². The lowest BCUT2D eigenvalue weighted by Gasteiger charge is -2.10. The molecule has 78 valence electrons. The molecule has 0 fully saturated rings. The second kappa shape index (κ2) is 3.73. The van der Waals surface area contributed by atoms with Crippen molar-refractivity contribution in [2.24, 2.45) is 0 Å². The van der Waals surface area contributed by atoms with Crippen molar-refractivity contribution >= 4 is 5.82 Å². The maximum Gasteiger partial charge on any atom is 0.139 e. The van der Waals surface area contributed by atoms with Gasteiger partial charge in [-0.3, -0.25) is 0 Å². The van der Waals surface area contributed by atoms with Gasteiger partial charge in [-0.05, 0) is 19.1 Å². The number of aromatic amines is 1. The number of hydrogen-bond donors (Lipinski definition) is 1. The summed E-state index contributed by atoms with van der Waals surface area (Å²) in [5.41, 5.74) is 2.07. The smallest absolute Gasteiger partial charge is 0.139 e. The van der Waals surface area contributed by atoms with Gasteiger partial charge in [0.2, 0.25) is 0 Å². The van der Waals surface area contributed by atoms with Crippen LogP contribution in [-0.4, -0.2) is 29.0 Å². The molecule has 2 aromatic heterocycles. The third-order valence-electron chi connectivity index (χ3n) is 2.18. The second-order valence-electron chi connectivity index (χ2n) is 3.71. The van der Waals surface area contributed by atoms with Crippen LogP contribution in [0.25, 0.3) is 11.4 Å². The van der Waals surface area contributed by atoms with Crippen LogP contribution in [-0.2, 0) is 0 Å². The monoisotopic (exact) mass is 202 g/mol. The van der Waals surface area contributed by atoms with Crippen LogP contribution < -0.4 is 4.90 Å². The van der Waals surface area contributed by atoms with Crippen LogP contribution >= 0.6 is 0 Å². The number of imidazole rings is 1. The van der Waals surface area contributed by atoms with E-state index < -0.39 is 0 Å². The maximum absolute atomic E-state index is 4.33. The van der Waals surface area contributed by atoms with E-state index in [1.807, 2.05) is 50.4 Å². The van der Waals surface area contributed by atoms with Gasteiger partial charge in [-0.2, -0.15) is 0 Å². The number of rotatable bonds is 2.